The lowest BCUT2D eigenvalue weighted by molar-refractivity contribution is -0.161. The second kappa shape index (κ2) is 9.33. The van der Waals surface area contributed by atoms with Gasteiger partial charge in [0.1, 0.15) is 40.6 Å². The Balaban J connectivity index is 1.30. The number of carboxylic acid groups (broad SMARTS) is 1. The summed E-state index contributed by atoms with van der Waals surface area (Å²) in [5.74, 6) is -4.02. The molecule has 3 amide bonds. The molecule has 6 rings (SSSR count). The molecule has 41 heavy (non-hydrogen) atoms. The molecule has 4 unspecified atom stereocenters. The molecule has 3 aromatic rings. The van der Waals surface area contributed by atoms with Crippen LogP contribution in [0.3, 0.4) is 0 Å². The lowest BCUT2D eigenvalue weighted by atomic mass is 9.95. The number of fused-ring (bicyclic) bond motifs is 1. The Morgan fingerprint density at radius 2 is 1.85 bits per heavy atom. The van der Waals surface area contributed by atoms with E-state index in [1.54, 1.807) is 18.4 Å². The van der Waals surface area contributed by atoms with Crippen molar-refractivity contribution in [1.29, 1.82) is 0 Å². The number of nitrogens with one attached hydrogen (secondary N) is 2. The van der Waals surface area contributed by atoms with Gasteiger partial charge in [-0.25, -0.2) is 9.18 Å². The van der Waals surface area contributed by atoms with Gasteiger partial charge >= 0.3 is 5.97 Å². The summed E-state index contributed by atoms with van der Waals surface area (Å²) >= 11 is 1.26. The number of nitrogens with zero attached hydrogens (tertiary/aromatic N) is 2. The number of amides is 3. The Morgan fingerprint density at radius 3 is 2.54 bits per heavy atom. The fourth-order valence-corrected chi connectivity index (χ4v) is 7.54. The van der Waals surface area contributed by atoms with Gasteiger partial charge in [-0.3, -0.25) is 19.2 Å². The molecule has 11 nitrogen and oxygen atoms in total. The molecule has 0 aliphatic carbocycles. The zero-order valence-corrected chi connectivity index (χ0v) is 22.7. The van der Waals surface area contributed by atoms with Crippen LogP contribution in [0.5, 0.6) is 5.75 Å². The zero-order valence-electron chi connectivity index (χ0n) is 21.9. The van der Waals surface area contributed by atoms with Crippen molar-refractivity contribution >= 4 is 46.4 Å². The van der Waals surface area contributed by atoms with Crippen LogP contribution in [0, 0.1) is 5.82 Å². The van der Waals surface area contributed by atoms with Crippen molar-refractivity contribution in [3.8, 4) is 5.75 Å². The maximum atomic E-state index is 14.2. The number of aromatic hydroxyl groups is 1. The number of carboxylic acids is 1. The van der Waals surface area contributed by atoms with Gasteiger partial charge in [-0.1, -0.05) is 12.1 Å². The average molecular weight is 581 g/mol. The molecule has 3 aliphatic heterocycles. The monoisotopic (exact) mass is 580 g/mol. The van der Waals surface area contributed by atoms with Gasteiger partial charge in [0, 0.05) is 22.9 Å². The summed E-state index contributed by atoms with van der Waals surface area (Å²) in [7, 11) is 0. The third-order valence-electron chi connectivity index (χ3n) is 7.82. The Morgan fingerprint density at radius 1 is 1.15 bits per heavy atom. The SMILES string of the molecule is CC1(C)SC2C(NC(=O)C(NC(=O)c3cn4c5c(cc(F)cc5c3=O)CC4)c3ccc(O)cc3)C(=O)N2C1C(=O)O. The van der Waals surface area contributed by atoms with Gasteiger partial charge in [0.15, 0.2) is 0 Å². The fraction of sp³-hybridized carbons (Fsp3) is 0.321. The number of aliphatic carboxylic acids is 1. The van der Waals surface area contributed by atoms with E-state index >= 15 is 0 Å². The number of halogens is 1. The number of hydrogen-bond acceptors (Lipinski definition) is 7. The Hall–Kier alpha value is -4.39. The highest BCUT2D eigenvalue weighted by Gasteiger charge is 2.64. The van der Waals surface area contributed by atoms with E-state index in [-0.39, 0.29) is 22.3 Å². The number of hydrogen-bond donors (Lipinski definition) is 4. The van der Waals surface area contributed by atoms with Gasteiger partial charge in [-0.2, -0.15) is 0 Å². The molecule has 4 N–H and O–H groups in total. The number of rotatable bonds is 6. The summed E-state index contributed by atoms with van der Waals surface area (Å²) in [4.78, 5) is 66.3. The molecule has 0 saturated carbocycles. The van der Waals surface area contributed by atoms with Crippen LogP contribution in [-0.2, 0) is 27.3 Å². The van der Waals surface area contributed by atoms with E-state index < -0.39 is 63.2 Å². The smallest absolute Gasteiger partial charge is 0.327 e. The number of aryl methyl sites for hydroxylation is 2. The second-order valence-corrected chi connectivity index (χ2v) is 12.6. The summed E-state index contributed by atoms with van der Waals surface area (Å²) < 4.78 is 15.1. The number of phenolic OH excluding ortho intramolecular Hbond substituents is 1. The first-order valence-electron chi connectivity index (χ1n) is 12.9. The van der Waals surface area contributed by atoms with Crippen LogP contribution in [-0.4, -0.2) is 65.6 Å². The highest BCUT2D eigenvalue weighted by atomic mass is 32.2. The van der Waals surface area contributed by atoms with Gasteiger partial charge in [0.25, 0.3) is 5.91 Å². The van der Waals surface area contributed by atoms with Crippen LogP contribution < -0.4 is 16.1 Å². The van der Waals surface area contributed by atoms with E-state index in [0.717, 1.165) is 6.07 Å². The maximum absolute atomic E-state index is 14.2. The van der Waals surface area contributed by atoms with E-state index in [0.29, 0.717) is 24.0 Å². The lowest BCUT2D eigenvalue weighted by Crippen LogP contribution is -2.71. The molecule has 4 heterocycles. The van der Waals surface area contributed by atoms with E-state index in [9.17, 15) is 38.6 Å². The predicted molar refractivity (Wildman–Crippen MR) is 146 cm³/mol. The first-order valence-corrected chi connectivity index (χ1v) is 13.7. The zero-order chi connectivity index (χ0) is 29.4. The first-order chi connectivity index (χ1) is 19.4. The number of carbonyl (C=O) groups excluding carboxylic acids is 3. The van der Waals surface area contributed by atoms with Crippen LogP contribution in [0.25, 0.3) is 10.9 Å². The molecule has 13 heteroatoms. The summed E-state index contributed by atoms with van der Waals surface area (Å²) in [6, 6.07) is 4.45. The first kappa shape index (κ1) is 26.8. The molecule has 3 aliphatic rings. The van der Waals surface area contributed by atoms with E-state index in [1.165, 1.54) is 53.2 Å². The van der Waals surface area contributed by atoms with Crippen molar-refractivity contribution in [2.75, 3.05) is 0 Å². The Labute approximate surface area is 236 Å². The van der Waals surface area contributed by atoms with Crippen molar-refractivity contribution in [3.63, 3.8) is 0 Å². The van der Waals surface area contributed by atoms with E-state index in [4.69, 9.17) is 0 Å². The molecule has 212 valence electrons. The topological polar surface area (TPSA) is 158 Å². The minimum atomic E-state index is -1.38. The molecule has 0 bridgehead atoms. The molecule has 0 radical (unpaired) electrons. The largest absolute Gasteiger partial charge is 0.508 e. The molecule has 4 atom stereocenters. The normalized spacial score (nSPS) is 22.7. The van der Waals surface area contributed by atoms with Crippen molar-refractivity contribution in [3.05, 3.63) is 75.3 Å². The summed E-state index contributed by atoms with van der Waals surface area (Å²) in [5, 5.41) is 24.0. The van der Waals surface area contributed by atoms with Crippen LogP contribution in [0.1, 0.15) is 41.4 Å². The summed E-state index contributed by atoms with van der Waals surface area (Å²) in [6.07, 6.45) is 1.89. The average Bonchev–Trinajstić information content (AvgIpc) is 3.43. The standard InChI is InChI=1S/C28H25FN4O7S/c1-28(2)22(27(39)40)33-25(38)19(26(33)41-28)31-24(37)18(12-3-5-15(34)6-4-12)30-23(36)17-11-32-8-7-13-9-14(29)10-16(20(13)32)21(17)35/h3-6,9-11,18-19,22,26,34H,7-8H2,1-2H3,(H,30,36)(H,31,37)(H,39,40). The molecular formula is C28H25FN4O7S. The number of benzene rings is 2. The molecular weight excluding hydrogens is 555 g/mol. The van der Waals surface area contributed by atoms with Crippen molar-refractivity contribution < 1.29 is 33.8 Å². The number of aromatic nitrogens is 1. The number of carbonyl (C=O) groups is 4. The summed E-state index contributed by atoms with van der Waals surface area (Å²) in [6.45, 7) is 3.87. The number of phenols is 1. The van der Waals surface area contributed by atoms with Gasteiger partial charge in [0.05, 0.1) is 5.52 Å². The highest BCUT2D eigenvalue weighted by molar-refractivity contribution is 8.01. The summed E-state index contributed by atoms with van der Waals surface area (Å²) in [5.41, 5.74) is 0.526. The third-order valence-corrected chi connectivity index (χ3v) is 9.39. The predicted octanol–water partition coefficient (Wildman–Crippen LogP) is 1.51. The number of thioether (sulfide) groups is 1. The van der Waals surface area contributed by atoms with Crippen LogP contribution in [0.15, 0.2) is 47.4 Å². The van der Waals surface area contributed by atoms with Crippen molar-refractivity contribution in [1.82, 2.24) is 20.1 Å². The minimum absolute atomic E-state index is 0.0600. The highest BCUT2D eigenvalue weighted by Crippen LogP contribution is 2.50. The fourth-order valence-electron chi connectivity index (χ4n) is 5.92. The molecule has 2 aromatic carbocycles. The van der Waals surface area contributed by atoms with Gasteiger partial charge in [0.2, 0.25) is 17.2 Å². The molecule has 0 spiro atoms. The minimum Gasteiger partial charge on any atom is -0.508 e. The van der Waals surface area contributed by atoms with Crippen LogP contribution in [0.2, 0.25) is 0 Å². The van der Waals surface area contributed by atoms with Gasteiger partial charge < -0.3 is 30.3 Å². The molecule has 1 aromatic heterocycles. The molecule has 2 saturated heterocycles. The number of β-lactam (4-membered cyclic amide) rings is 1. The van der Waals surface area contributed by atoms with Crippen molar-refractivity contribution in [2.24, 2.45) is 0 Å². The second-order valence-electron chi connectivity index (χ2n) is 10.9. The Kier molecular flexibility index (Phi) is 6.10. The van der Waals surface area contributed by atoms with Crippen LogP contribution in [0.4, 0.5) is 4.39 Å². The van der Waals surface area contributed by atoms with Gasteiger partial charge in [-0.05, 0) is 55.7 Å². The quantitative estimate of drug-likeness (QED) is 0.320. The Bertz CT molecular complexity index is 1720. The number of pyridine rings is 1. The van der Waals surface area contributed by atoms with Crippen molar-refractivity contribution in [2.45, 2.75) is 55.1 Å². The maximum Gasteiger partial charge on any atom is 0.327 e. The lowest BCUT2D eigenvalue weighted by Gasteiger charge is -2.44. The third kappa shape index (κ3) is 4.22. The van der Waals surface area contributed by atoms with Crippen LogP contribution >= 0.6 is 11.8 Å². The molecule has 2 fully saturated rings. The van der Waals surface area contributed by atoms with E-state index in [1.807, 2.05) is 0 Å². The van der Waals surface area contributed by atoms with E-state index in [2.05, 4.69) is 10.6 Å². The van der Waals surface area contributed by atoms with Gasteiger partial charge in [-0.15, -0.1) is 11.8 Å².